The van der Waals surface area contributed by atoms with Crippen molar-refractivity contribution in [2.24, 2.45) is 0 Å². The molecule has 0 N–H and O–H groups in total. The smallest absolute Gasteiger partial charge is 0.0792 e. The molecule has 1 nitrogen and oxygen atoms in total. The summed E-state index contributed by atoms with van der Waals surface area (Å²) in [4.78, 5) is 0. The molecule has 0 aromatic heterocycles. The molecule has 70 valence electrons. The highest BCUT2D eigenvalue weighted by Gasteiger charge is 2.14. The molecule has 0 heterocycles. The van der Waals surface area contributed by atoms with Crippen LogP contribution in [0, 0.1) is 0 Å². The van der Waals surface area contributed by atoms with E-state index in [1.54, 1.807) is 0 Å². The van der Waals surface area contributed by atoms with Crippen LogP contribution in [0.4, 0.5) is 0 Å². The molecule has 0 unspecified atom stereocenters. The molecule has 11 heavy (non-hydrogen) atoms. The van der Waals surface area contributed by atoms with Gasteiger partial charge in [-0.2, -0.15) is 12.6 Å². The van der Waals surface area contributed by atoms with E-state index in [2.05, 4.69) is 33.5 Å². The van der Waals surface area contributed by atoms with Crippen LogP contribution in [0.2, 0.25) is 0 Å². The number of quaternary nitrogens is 1. The van der Waals surface area contributed by atoms with Crippen LogP contribution in [-0.2, 0) is 0 Å². The quantitative estimate of drug-likeness (QED) is 0.416. The monoisotopic (exact) mass is 197 g/mol. The van der Waals surface area contributed by atoms with Crippen LogP contribution in [0.15, 0.2) is 0 Å². The maximum atomic E-state index is 4.20. The molecular weight excluding hydrogens is 178 g/mol. The van der Waals surface area contributed by atoms with Gasteiger partial charge in [-0.25, -0.2) is 0 Å². The largest absolute Gasteiger partial charge is 1.00 e. The summed E-state index contributed by atoms with van der Waals surface area (Å²) in [5.41, 5.74) is 0. The van der Waals surface area contributed by atoms with Crippen molar-refractivity contribution < 1.29 is 16.9 Å². The molecule has 0 aliphatic rings. The predicted octanol–water partition coefficient (Wildman–Crippen LogP) is -1.20. The van der Waals surface area contributed by atoms with Crippen molar-refractivity contribution in [3.63, 3.8) is 0 Å². The van der Waals surface area contributed by atoms with Crippen LogP contribution < -0.4 is 12.4 Å². The second-order valence-corrected chi connectivity index (χ2v) is 3.50. The second-order valence-electron chi connectivity index (χ2n) is 3.05. The maximum Gasteiger partial charge on any atom is 0.0792 e. The third-order valence-electron chi connectivity index (χ3n) is 2.38. The Labute approximate surface area is 82.6 Å². The van der Waals surface area contributed by atoms with Crippen molar-refractivity contribution >= 4 is 12.6 Å². The van der Waals surface area contributed by atoms with Crippen molar-refractivity contribution in [3.8, 4) is 0 Å². The van der Waals surface area contributed by atoms with Crippen molar-refractivity contribution in [1.82, 2.24) is 0 Å². The van der Waals surface area contributed by atoms with E-state index in [1.807, 2.05) is 0 Å². The predicted molar refractivity (Wildman–Crippen MR) is 50.6 cm³/mol. The summed E-state index contributed by atoms with van der Waals surface area (Å²) < 4.78 is 1.20. The summed E-state index contributed by atoms with van der Waals surface area (Å²) in [5.74, 6) is 1.02. The maximum absolute atomic E-state index is 4.20. The number of nitrogens with zero attached hydrogens (tertiary/aromatic N) is 1. The number of halogens is 1. The van der Waals surface area contributed by atoms with E-state index in [0.29, 0.717) is 0 Å². The van der Waals surface area contributed by atoms with Crippen molar-refractivity contribution in [2.45, 2.75) is 20.3 Å². The number of thiol groups is 1. The Balaban J connectivity index is 0. The lowest BCUT2D eigenvalue weighted by Crippen LogP contribution is -3.00. The van der Waals surface area contributed by atoms with E-state index in [1.165, 1.54) is 30.5 Å². The van der Waals surface area contributed by atoms with Crippen LogP contribution >= 0.6 is 12.6 Å². The summed E-state index contributed by atoms with van der Waals surface area (Å²) >= 11 is 4.20. The zero-order valence-electron chi connectivity index (χ0n) is 7.81. The van der Waals surface area contributed by atoms with Gasteiger partial charge in [0.1, 0.15) is 0 Å². The molecule has 0 radical (unpaired) electrons. The van der Waals surface area contributed by atoms with E-state index in [-0.39, 0.29) is 12.4 Å². The third-order valence-corrected chi connectivity index (χ3v) is 2.70. The fraction of sp³-hybridized carbons (Fsp3) is 1.00. The van der Waals surface area contributed by atoms with Gasteiger partial charge in [0.15, 0.2) is 0 Å². The first-order chi connectivity index (χ1) is 4.68. The standard InChI is InChI=1S/C8H19NS.ClH/c1-4-9(3,5-2)7-6-8-10;/h4-8H2,1-3H3;1H. The highest BCUT2D eigenvalue weighted by atomic mass is 35.5. The molecule has 0 fully saturated rings. The zero-order chi connectivity index (χ0) is 8.04. The van der Waals surface area contributed by atoms with Gasteiger partial charge in [0.25, 0.3) is 0 Å². The number of hydrogen-bond donors (Lipinski definition) is 1. The molecule has 0 aliphatic carbocycles. The first kappa shape index (κ1) is 14.1. The van der Waals surface area contributed by atoms with E-state index < -0.39 is 0 Å². The number of hydrogen-bond acceptors (Lipinski definition) is 1. The Morgan fingerprint density at radius 2 is 1.64 bits per heavy atom. The summed E-state index contributed by atoms with van der Waals surface area (Å²) in [7, 11) is 2.31. The van der Waals surface area contributed by atoms with Crippen molar-refractivity contribution in [2.75, 3.05) is 32.4 Å². The summed E-state index contributed by atoms with van der Waals surface area (Å²) in [6.07, 6.45) is 1.24. The molecule has 0 saturated heterocycles. The number of rotatable bonds is 5. The van der Waals surface area contributed by atoms with E-state index >= 15 is 0 Å². The van der Waals surface area contributed by atoms with Crippen LogP contribution in [0.3, 0.4) is 0 Å². The van der Waals surface area contributed by atoms with Gasteiger partial charge in [0.05, 0.1) is 26.7 Å². The Hall–Kier alpha value is 0.600. The average Bonchev–Trinajstić information content (AvgIpc) is 2.00. The molecule has 3 heteroatoms. The lowest BCUT2D eigenvalue weighted by molar-refractivity contribution is -0.906. The zero-order valence-corrected chi connectivity index (χ0v) is 9.46. The van der Waals surface area contributed by atoms with Gasteiger partial charge in [-0.15, -0.1) is 0 Å². The van der Waals surface area contributed by atoms with Gasteiger partial charge in [-0.3, -0.25) is 0 Å². The summed E-state index contributed by atoms with van der Waals surface area (Å²) in [6, 6.07) is 0. The minimum atomic E-state index is 0. The van der Waals surface area contributed by atoms with Gasteiger partial charge >= 0.3 is 0 Å². The minimum absolute atomic E-state index is 0. The van der Waals surface area contributed by atoms with Gasteiger partial charge in [0.2, 0.25) is 0 Å². The molecule has 0 rings (SSSR count). The van der Waals surface area contributed by atoms with Crippen LogP contribution in [0.1, 0.15) is 20.3 Å². The lowest BCUT2D eigenvalue weighted by Gasteiger charge is -2.31. The van der Waals surface area contributed by atoms with Gasteiger partial charge in [-0.1, -0.05) is 0 Å². The molecule has 0 amide bonds. The molecule has 0 aromatic rings. The molecule has 0 saturated carbocycles. The van der Waals surface area contributed by atoms with Gasteiger partial charge in [-0.05, 0) is 19.6 Å². The first-order valence-electron chi connectivity index (χ1n) is 4.13. The Kier molecular flexibility index (Phi) is 9.33. The Morgan fingerprint density at radius 1 is 1.18 bits per heavy atom. The van der Waals surface area contributed by atoms with Crippen LogP contribution in [0.5, 0.6) is 0 Å². The first-order valence-corrected chi connectivity index (χ1v) is 4.76. The highest BCUT2D eigenvalue weighted by molar-refractivity contribution is 7.80. The second kappa shape index (κ2) is 7.26. The summed E-state index contributed by atoms with van der Waals surface area (Å²) in [5, 5.41) is 0. The molecule has 0 aromatic carbocycles. The lowest BCUT2D eigenvalue weighted by atomic mass is 10.3. The molecule has 0 aliphatic heterocycles. The highest BCUT2D eigenvalue weighted by Crippen LogP contribution is 2.02. The fourth-order valence-electron chi connectivity index (χ4n) is 0.992. The summed E-state index contributed by atoms with van der Waals surface area (Å²) in [6.45, 7) is 8.26. The van der Waals surface area contributed by atoms with E-state index in [9.17, 15) is 0 Å². The molecule has 0 bridgehead atoms. The average molecular weight is 198 g/mol. The van der Waals surface area contributed by atoms with Gasteiger partial charge in [0, 0.05) is 6.42 Å². The molecule has 0 atom stereocenters. The Bertz CT molecular complexity index is 84.2. The van der Waals surface area contributed by atoms with E-state index in [4.69, 9.17) is 0 Å². The third kappa shape index (κ3) is 5.83. The van der Waals surface area contributed by atoms with E-state index in [0.717, 1.165) is 5.75 Å². The van der Waals surface area contributed by atoms with Gasteiger partial charge < -0.3 is 16.9 Å². The van der Waals surface area contributed by atoms with Crippen molar-refractivity contribution in [3.05, 3.63) is 0 Å². The fourth-order valence-corrected chi connectivity index (χ4v) is 1.13. The van der Waals surface area contributed by atoms with Crippen LogP contribution in [0.25, 0.3) is 0 Å². The molecular formula is C8H20ClNS. The Morgan fingerprint density at radius 3 is 1.91 bits per heavy atom. The normalized spacial score (nSPS) is 10.9. The van der Waals surface area contributed by atoms with Crippen molar-refractivity contribution in [1.29, 1.82) is 0 Å². The topological polar surface area (TPSA) is 0 Å². The molecule has 0 spiro atoms. The SMILES string of the molecule is CC[N+](C)(CC)CCCS.[Cl-]. The minimum Gasteiger partial charge on any atom is -1.00 e. The van der Waals surface area contributed by atoms with Crippen LogP contribution in [-0.4, -0.2) is 36.9 Å².